The zero-order valence-electron chi connectivity index (χ0n) is 14.5. The molecule has 4 N–H and O–H groups in total. The largest absolute Gasteiger partial charge is 0.352 e. The number of amides is 3. The van der Waals surface area contributed by atoms with Crippen molar-refractivity contribution in [1.29, 1.82) is 0 Å². The van der Waals surface area contributed by atoms with Crippen LogP contribution in [0.3, 0.4) is 0 Å². The third-order valence-electron chi connectivity index (χ3n) is 3.96. The van der Waals surface area contributed by atoms with Crippen LogP contribution in [0.5, 0.6) is 0 Å². The van der Waals surface area contributed by atoms with E-state index in [1.54, 1.807) is 0 Å². The van der Waals surface area contributed by atoms with Crippen molar-refractivity contribution in [3.05, 3.63) is 65.7 Å². The van der Waals surface area contributed by atoms with Gasteiger partial charge in [0.15, 0.2) is 0 Å². The second-order valence-electron chi connectivity index (χ2n) is 6.02. The van der Waals surface area contributed by atoms with Crippen molar-refractivity contribution in [2.75, 3.05) is 5.32 Å². The van der Waals surface area contributed by atoms with Gasteiger partial charge >= 0.3 is 6.03 Å². The van der Waals surface area contributed by atoms with Crippen LogP contribution in [-0.2, 0) is 11.2 Å². The van der Waals surface area contributed by atoms with Crippen LogP contribution in [0.1, 0.15) is 43.4 Å². The molecule has 2 aromatic carbocycles. The Kier molecular flexibility index (Phi) is 7.01. The van der Waals surface area contributed by atoms with E-state index in [2.05, 4.69) is 17.6 Å². The molecule has 25 heavy (non-hydrogen) atoms. The van der Waals surface area contributed by atoms with Gasteiger partial charge in [0.05, 0.1) is 12.5 Å². The number of aryl methyl sites for hydroxylation is 1. The van der Waals surface area contributed by atoms with E-state index < -0.39 is 12.1 Å². The Morgan fingerprint density at radius 1 is 1.04 bits per heavy atom. The maximum atomic E-state index is 12.3. The Hall–Kier alpha value is -2.82. The van der Waals surface area contributed by atoms with Gasteiger partial charge in [0.25, 0.3) is 0 Å². The highest BCUT2D eigenvalue weighted by molar-refractivity contribution is 5.91. The van der Waals surface area contributed by atoms with Gasteiger partial charge in [-0.3, -0.25) is 4.79 Å². The Bertz CT molecular complexity index is 684. The standard InChI is InChI=1S/C20H25N3O2/c1-2-3-7-15-10-12-17(13-11-15)22-19(24)14-18(23-20(21)25)16-8-5-4-6-9-16/h4-6,8-13,18H,2-3,7,14H2,1H3,(H,22,24)(H3,21,23,25)/t18-/m0/s1. The first-order valence-electron chi connectivity index (χ1n) is 8.58. The smallest absolute Gasteiger partial charge is 0.312 e. The number of nitrogens with one attached hydrogen (secondary N) is 2. The SMILES string of the molecule is CCCCc1ccc(NC(=O)C[C@H](NC(N)=O)c2ccccc2)cc1. The molecule has 2 rings (SSSR count). The maximum absolute atomic E-state index is 12.3. The second kappa shape index (κ2) is 9.47. The number of benzene rings is 2. The van der Waals surface area contributed by atoms with Crippen LogP contribution in [0, 0.1) is 0 Å². The summed E-state index contributed by atoms with van der Waals surface area (Å²) in [7, 11) is 0. The van der Waals surface area contributed by atoms with E-state index in [9.17, 15) is 9.59 Å². The average molecular weight is 339 g/mol. The predicted octanol–water partition coefficient (Wildman–Crippen LogP) is 3.77. The van der Waals surface area contributed by atoms with Crippen LogP contribution >= 0.6 is 0 Å². The number of unbranched alkanes of at least 4 members (excludes halogenated alkanes) is 1. The Labute approximate surface area is 148 Å². The minimum Gasteiger partial charge on any atom is -0.352 e. The lowest BCUT2D eigenvalue weighted by atomic mass is 10.0. The minimum absolute atomic E-state index is 0.116. The van der Waals surface area contributed by atoms with Crippen molar-refractivity contribution in [2.45, 2.75) is 38.6 Å². The van der Waals surface area contributed by atoms with Gasteiger partial charge < -0.3 is 16.4 Å². The van der Waals surface area contributed by atoms with E-state index in [1.807, 2.05) is 54.6 Å². The average Bonchev–Trinajstić information content (AvgIpc) is 2.61. The van der Waals surface area contributed by atoms with Crippen LogP contribution in [0.15, 0.2) is 54.6 Å². The summed E-state index contributed by atoms with van der Waals surface area (Å²) in [6.07, 6.45) is 3.48. The van der Waals surface area contributed by atoms with Gasteiger partial charge in [-0.2, -0.15) is 0 Å². The molecule has 2 aromatic rings. The number of primary amides is 1. The summed E-state index contributed by atoms with van der Waals surface area (Å²) < 4.78 is 0. The number of hydrogen-bond acceptors (Lipinski definition) is 2. The first-order chi connectivity index (χ1) is 12.1. The Balaban J connectivity index is 1.97. The molecular weight excluding hydrogens is 314 g/mol. The highest BCUT2D eigenvalue weighted by Crippen LogP contribution is 2.18. The predicted molar refractivity (Wildman–Crippen MR) is 100 cm³/mol. The lowest BCUT2D eigenvalue weighted by Gasteiger charge is -2.17. The summed E-state index contributed by atoms with van der Waals surface area (Å²) in [5, 5.41) is 5.49. The molecule has 132 valence electrons. The molecule has 5 heteroatoms. The fraction of sp³-hybridized carbons (Fsp3) is 0.300. The Morgan fingerprint density at radius 2 is 1.72 bits per heavy atom. The van der Waals surface area contributed by atoms with Crippen LogP contribution in [0.25, 0.3) is 0 Å². The van der Waals surface area contributed by atoms with Crippen molar-refractivity contribution in [3.63, 3.8) is 0 Å². The summed E-state index contributed by atoms with van der Waals surface area (Å²) >= 11 is 0. The van der Waals surface area contributed by atoms with Gasteiger partial charge in [-0.05, 0) is 36.1 Å². The van der Waals surface area contributed by atoms with Gasteiger partial charge in [0, 0.05) is 5.69 Å². The molecule has 1 atom stereocenters. The second-order valence-corrected chi connectivity index (χ2v) is 6.02. The number of hydrogen-bond donors (Lipinski definition) is 3. The van der Waals surface area contributed by atoms with Gasteiger partial charge in [0.1, 0.15) is 0 Å². The molecule has 0 fully saturated rings. The van der Waals surface area contributed by atoms with Gasteiger partial charge in [-0.1, -0.05) is 55.8 Å². The monoisotopic (exact) mass is 339 g/mol. The molecule has 0 radical (unpaired) electrons. The molecule has 0 aliphatic rings. The van der Waals surface area contributed by atoms with E-state index in [0.717, 1.165) is 30.5 Å². The van der Waals surface area contributed by atoms with E-state index >= 15 is 0 Å². The fourth-order valence-corrected chi connectivity index (χ4v) is 2.64. The summed E-state index contributed by atoms with van der Waals surface area (Å²) in [5.74, 6) is -0.177. The van der Waals surface area contributed by atoms with E-state index in [-0.39, 0.29) is 12.3 Å². The zero-order valence-corrected chi connectivity index (χ0v) is 14.5. The number of urea groups is 1. The fourth-order valence-electron chi connectivity index (χ4n) is 2.64. The summed E-state index contributed by atoms with van der Waals surface area (Å²) in [6.45, 7) is 2.16. The molecule has 3 amide bonds. The molecular formula is C20H25N3O2. The summed E-state index contributed by atoms with van der Waals surface area (Å²) in [4.78, 5) is 23.6. The van der Waals surface area contributed by atoms with E-state index in [4.69, 9.17) is 5.73 Å². The molecule has 0 bridgehead atoms. The van der Waals surface area contributed by atoms with Gasteiger partial charge in [0.2, 0.25) is 5.91 Å². The van der Waals surface area contributed by atoms with Crippen molar-refractivity contribution in [3.8, 4) is 0 Å². The van der Waals surface area contributed by atoms with Crippen LogP contribution < -0.4 is 16.4 Å². The van der Waals surface area contributed by atoms with Crippen LogP contribution in [-0.4, -0.2) is 11.9 Å². The van der Waals surface area contributed by atoms with E-state index in [0.29, 0.717) is 0 Å². The van der Waals surface area contributed by atoms with Gasteiger partial charge in [-0.25, -0.2) is 4.79 Å². The first-order valence-corrected chi connectivity index (χ1v) is 8.58. The number of anilines is 1. The quantitative estimate of drug-likeness (QED) is 0.684. The van der Waals surface area contributed by atoms with E-state index in [1.165, 1.54) is 5.56 Å². The lowest BCUT2D eigenvalue weighted by Crippen LogP contribution is -2.35. The third-order valence-corrected chi connectivity index (χ3v) is 3.96. The zero-order chi connectivity index (χ0) is 18.1. The topological polar surface area (TPSA) is 84.2 Å². The van der Waals surface area contributed by atoms with Crippen LogP contribution in [0.2, 0.25) is 0 Å². The molecule has 0 saturated carbocycles. The molecule has 5 nitrogen and oxygen atoms in total. The van der Waals surface area contributed by atoms with Crippen molar-refractivity contribution in [2.24, 2.45) is 5.73 Å². The number of carbonyl (C=O) groups is 2. The molecule has 0 unspecified atom stereocenters. The van der Waals surface area contributed by atoms with Crippen molar-refractivity contribution < 1.29 is 9.59 Å². The molecule has 0 spiro atoms. The molecule has 0 heterocycles. The number of carbonyl (C=O) groups excluding carboxylic acids is 2. The maximum Gasteiger partial charge on any atom is 0.312 e. The lowest BCUT2D eigenvalue weighted by molar-refractivity contribution is -0.116. The number of rotatable bonds is 8. The normalized spacial score (nSPS) is 11.6. The molecule has 0 aromatic heterocycles. The number of nitrogens with two attached hydrogens (primary N) is 1. The minimum atomic E-state index is -0.651. The third kappa shape index (κ3) is 6.30. The molecule has 0 aliphatic carbocycles. The van der Waals surface area contributed by atoms with Crippen molar-refractivity contribution >= 4 is 17.6 Å². The first kappa shape index (κ1) is 18.5. The molecule has 0 saturated heterocycles. The van der Waals surface area contributed by atoms with Gasteiger partial charge in [-0.15, -0.1) is 0 Å². The molecule has 0 aliphatic heterocycles. The van der Waals surface area contributed by atoms with Crippen LogP contribution in [0.4, 0.5) is 10.5 Å². The Morgan fingerprint density at radius 3 is 2.32 bits per heavy atom. The summed E-state index contributed by atoms with van der Waals surface area (Å²) in [5.41, 5.74) is 8.08. The summed E-state index contributed by atoms with van der Waals surface area (Å²) in [6, 6.07) is 16.1. The highest BCUT2D eigenvalue weighted by Gasteiger charge is 2.17. The highest BCUT2D eigenvalue weighted by atomic mass is 16.2. The van der Waals surface area contributed by atoms with Crippen molar-refractivity contribution in [1.82, 2.24) is 5.32 Å².